The number of rotatable bonds is 3. The first-order chi connectivity index (χ1) is 11.9. The van der Waals surface area contributed by atoms with Crippen molar-refractivity contribution in [3.8, 4) is 0 Å². The maximum atomic E-state index is 12.6. The number of hydrogen-bond acceptors (Lipinski definition) is 4. The minimum absolute atomic E-state index is 0.0509. The van der Waals surface area contributed by atoms with E-state index in [1.54, 1.807) is 11.8 Å². The highest BCUT2D eigenvalue weighted by atomic mass is 32.1. The first-order valence-electron chi connectivity index (χ1n) is 8.87. The van der Waals surface area contributed by atoms with Gasteiger partial charge in [-0.05, 0) is 43.6 Å². The van der Waals surface area contributed by atoms with Crippen molar-refractivity contribution >= 4 is 34.1 Å². The van der Waals surface area contributed by atoms with E-state index < -0.39 is 5.91 Å². The van der Waals surface area contributed by atoms with Crippen LogP contribution in [0.5, 0.6) is 0 Å². The van der Waals surface area contributed by atoms with E-state index >= 15 is 0 Å². The van der Waals surface area contributed by atoms with Crippen LogP contribution >= 0.6 is 11.3 Å². The lowest BCUT2D eigenvalue weighted by atomic mass is 9.88. The highest BCUT2D eigenvalue weighted by Gasteiger charge is 2.30. The largest absolute Gasteiger partial charge is 0.365 e. The summed E-state index contributed by atoms with van der Waals surface area (Å²) in [5.41, 5.74) is 7.12. The third-order valence-electron chi connectivity index (χ3n) is 5.31. The maximum Gasteiger partial charge on any atom is 0.251 e. The summed E-state index contributed by atoms with van der Waals surface area (Å²) in [6.45, 7) is 4.97. The van der Waals surface area contributed by atoms with E-state index in [1.165, 1.54) is 16.2 Å². The summed E-state index contributed by atoms with van der Waals surface area (Å²) in [4.78, 5) is 38.9. The summed E-state index contributed by atoms with van der Waals surface area (Å²) in [6.07, 6.45) is 4.13. The lowest BCUT2D eigenvalue weighted by molar-refractivity contribution is -0.132. The SMILES string of the molecule is CC(=O)N1CCC(C(=O)Nc2sc3c(c2C(N)=O)CCC(C)C3)CC1. The van der Waals surface area contributed by atoms with Crippen LogP contribution in [0.1, 0.15) is 53.9 Å². The topological polar surface area (TPSA) is 92.5 Å². The Kier molecular flexibility index (Phi) is 5.13. The zero-order valence-electron chi connectivity index (χ0n) is 14.8. The predicted molar refractivity (Wildman–Crippen MR) is 97.6 cm³/mol. The van der Waals surface area contributed by atoms with Gasteiger partial charge in [-0.1, -0.05) is 6.92 Å². The fourth-order valence-corrected chi connectivity index (χ4v) is 5.19. The second-order valence-electron chi connectivity index (χ2n) is 7.19. The molecular weight excluding hydrogens is 338 g/mol. The minimum Gasteiger partial charge on any atom is -0.365 e. The number of carbonyl (C=O) groups excluding carboxylic acids is 3. The van der Waals surface area contributed by atoms with E-state index in [1.807, 2.05) is 0 Å². The van der Waals surface area contributed by atoms with Crippen molar-refractivity contribution in [3.63, 3.8) is 0 Å². The van der Waals surface area contributed by atoms with Crippen LogP contribution in [0.15, 0.2) is 0 Å². The molecule has 1 aliphatic carbocycles. The van der Waals surface area contributed by atoms with E-state index in [-0.39, 0.29) is 17.7 Å². The van der Waals surface area contributed by atoms with Crippen LogP contribution in [0.3, 0.4) is 0 Å². The first kappa shape index (κ1) is 17.9. The van der Waals surface area contributed by atoms with Crippen LogP contribution in [0.25, 0.3) is 0 Å². The molecule has 1 aliphatic heterocycles. The Morgan fingerprint density at radius 1 is 1.20 bits per heavy atom. The quantitative estimate of drug-likeness (QED) is 0.862. The molecule has 1 aromatic heterocycles. The van der Waals surface area contributed by atoms with Gasteiger partial charge < -0.3 is 16.0 Å². The van der Waals surface area contributed by atoms with E-state index in [2.05, 4.69) is 12.2 Å². The molecule has 0 aromatic carbocycles. The average Bonchev–Trinajstić information content (AvgIpc) is 2.91. The molecule has 1 saturated heterocycles. The predicted octanol–water partition coefficient (Wildman–Crippen LogP) is 2.17. The molecule has 1 aromatic rings. The van der Waals surface area contributed by atoms with Crippen molar-refractivity contribution in [2.45, 2.75) is 46.0 Å². The number of likely N-dealkylation sites (tertiary alicyclic amines) is 1. The van der Waals surface area contributed by atoms with Gasteiger partial charge in [0.15, 0.2) is 0 Å². The number of nitrogens with two attached hydrogens (primary N) is 1. The van der Waals surface area contributed by atoms with Gasteiger partial charge in [-0.25, -0.2) is 0 Å². The molecule has 1 unspecified atom stereocenters. The van der Waals surface area contributed by atoms with Gasteiger partial charge >= 0.3 is 0 Å². The number of nitrogens with zero attached hydrogens (tertiary/aromatic N) is 1. The molecule has 2 heterocycles. The number of hydrogen-bond donors (Lipinski definition) is 2. The molecule has 25 heavy (non-hydrogen) atoms. The normalized spacial score (nSPS) is 20.9. The van der Waals surface area contributed by atoms with Crippen LogP contribution < -0.4 is 11.1 Å². The molecule has 7 heteroatoms. The Hall–Kier alpha value is -1.89. The molecule has 6 nitrogen and oxygen atoms in total. The number of anilines is 1. The number of piperidine rings is 1. The molecule has 3 N–H and O–H groups in total. The maximum absolute atomic E-state index is 12.6. The molecule has 0 saturated carbocycles. The average molecular weight is 363 g/mol. The van der Waals surface area contributed by atoms with Crippen LogP contribution in [0.4, 0.5) is 5.00 Å². The van der Waals surface area contributed by atoms with Gasteiger partial charge in [-0.3, -0.25) is 14.4 Å². The van der Waals surface area contributed by atoms with Crippen molar-refractivity contribution in [2.75, 3.05) is 18.4 Å². The molecule has 2 aliphatic rings. The highest BCUT2D eigenvalue weighted by molar-refractivity contribution is 7.17. The van der Waals surface area contributed by atoms with Crippen molar-refractivity contribution in [3.05, 3.63) is 16.0 Å². The molecule has 1 fully saturated rings. The Labute approximate surface area is 151 Å². The third kappa shape index (κ3) is 3.71. The van der Waals surface area contributed by atoms with E-state index in [9.17, 15) is 14.4 Å². The lowest BCUT2D eigenvalue weighted by Gasteiger charge is -2.30. The molecule has 0 radical (unpaired) electrons. The van der Waals surface area contributed by atoms with Crippen LogP contribution in [0, 0.1) is 11.8 Å². The van der Waals surface area contributed by atoms with Crippen molar-refractivity contribution in [2.24, 2.45) is 17.6 Å². The molecule has 3 amide bonds. The molecular formula is C18H25N3O3S. The van der Waals surface area contributed by atoms with Gasteiger partial charge in [-0.15, -0.1) is 11.3 Å². The van der Waals surface area contributed by atoms with Gasteiger partial charge in [0.25, 0.3) is 5.91 Å². The highest BCUT2D eigenvalue weighted by Crippen LogP contribution is 2.39. The smallest absolute Gasteiger partial charge is 0.251 e. The van der Waals surface area contributed by atoms with Crippen molar-refractivity contribution in [1.82, 2.24) is 4.90 Å². The van der Waals surface area contributed by atoms with Crippen LogP contribution in [-0.4, -0.2) is 35.7 Å². The summed E-state index contributed by atoms with van der Waals surface area (Å²) in [5, 5.41) is 3.56. The van der Waals surface area contributed by atoms with E-state index in [0.29, 0.717) is 42.4 Å². The number of amides is 3. The monoisotopic (exact) mass is 363 g/mol. The molecule has 3 rings (SSSR count). The molecule has 136 valence electrons. The van der Waals surface area contributed by atoms with Gasteiger partial charge in [0.2, 0.25) is 11.8 Å². The number of nitrogens with one attached hydrogen (secondary N) is 1. The second kappa shape index (κ2) is 7.15. The number of thiophene rings is 1. The fourth-order valence-electron chi connectivity index (χ4n) is 3.77. The molecule has 0 bridgehead atoms. The van der Waals surface area contributed by atoms with E-state index in [0.717, 1.165) is 24.8 Å². The Bertz CT molecular complexity index is 705. The van der Waals surface area contributed by atoms with E-state index in [4.69, 9.17) is 5.73 Å². The summed E-state index contributed by atoms with van der Waals surface area (Å²) in [5.74, 6) is -0.0262. The van der Waals surface area contributed by atoms with Gasteiger partial charge in [0.05, 0.1) is 5.56 Å². The number of primary amides is 1. The molecule has 0 spiro atoms. The summed E-state index contributed by atoms with van der Waals surface area (Å²) in [6, 6.07) is 0. The van der Waals surface area contributed by atoms with Crippen LogP contribution in [0.2, 0.25) is 0 Å². The standard InChI is InChI=1S/C18H25N3O3S/c1-10-3-4-13-14(9-10)25-18(15(13)16(19)23)20-17(24)12-5-7-21(8-6-12)11(2)22/h10,12H,3-9H2,1-2H3,(H2,19,23)(H,20,24). The van der Waals surface area contributed by atoms with Gasteiger partial charge in [0, 0.05) is 30.8 Å². The van der Waals surface area contributed by atoms with Gasteiger partial charge in [0.1, 0.15) is 5.00 Å². The third-order valence-corrected chi connectivity index (χ3v) is 6.48. The van der Waals surface area contributed by atoms with Gasteiger partial charge in [-0.2, -0.15) is 0 Å². The zero-order valence-corrected chi connectivity index (χ0v) is 15.6. The minimum atomic E-state index is -0.464. The lowest BCUT2D eigenvalue weighted by Crippen LogP contribution is -2.40. The molecule has 1 atom stereocenters. The van der Waals surface area contributed by atoms with Crippen LogP contribution in [-0.2, 0) is 22.4 Å². The first-order valence-corrected chi connectivity index (χ1v) is 9.69. The summed E-state index contributed by atoms with van der Waals surface area (Å²) >= 11 is 1.49. The Balaban J connectivity index is 1.73. The van der Waals surface area contributed by atoms with Crippen molar-refractivity contribution in [1.29, 1.82) is 0 Å². The van der Waals surface area contributed by atoms with Crippen molar-refractivity contribution < 1.29 is 14.4 Å². The summed E-state index contributed by atoms with van der Waals surface area (Å²) in [7, 11) is 0. The Morgan fingerprint density at radius 3 is 2.48 bits per heavy atom. The Morgan fingerprint density at radius 2 is 1.88 bits per heavy atom. The summed E-state index contributed by atoms with van der Waals surface area (Å²) < 4.78 is 0. The number of carbonyl (C=O) groups is 3. The fraction of sp³-hybridized carbons (Fsp3) is 0.611. The zero-order chi connectivity index (χ0) is 18.1. The second-order valence-corrected chi connectivity index (χ2v) is 8.29. The number of fused-ring (bicyclic) bond motifs is 1.